The molecule has 4 aromatic rings. The fraction of sp³-hybridized carbons (Fsp3) is 0.214. The summed E-state index contributed by atoms with van der Waals surface area (Å²) in [6.45, 7) is 4.54. The molecule has 0 atom stereocenters. The van der Waals surface area contributed by atoms with Crippen LogP contribution in [0.5, 0.6) is 0 Å². The number of benzene rings is 3. The molecule has 1 fully saturated rings. The van der Waals surface area contributed by atoms with E-state index < -0.39 is 0 Å². The monoisotopic (exact) mass is 575 g/mol. The van der Waals surface area contributed by atoms with Crippen molar-refractivity contribution in [2.45, 2.75) is 13.3 Å². The smallest absolute Gasteiger partial charge is 0.255 e. The van der Waals surface area contributed by atoms with E-state index in [2.05, 4.69) is 11.0 Å². The van der Waals surface area contributed by atoms with Crippen LogP contribution in [0.3, 0.4) is 0 Å². The van der Waals surface area contributed by atoms with Crippen LogP contribution < -0.4 is 10.5 Å². The van der Waals surface area contributed by atoms with Crippen molar-refractivity contribution in [3.63, 3.8) is 0 Å². The number of para-hydroxylation sites is 1. The van der Waals surface area contributed by atoms with Crippen LogP contribution in [0.1, 0.15) is 13.3 Å². The molecule has 0 radical (unpaired) electrons. The van der Waals surface area contributed by atoms with Gasteiger partial charge >= 0.3 is 0 Å². The number of amides is 1. The van der Waals surface area contributed by atoms with Crippen molar-refractivity contribution in [3.05, 3.63) is 92.2 Å². The van der Waals surface area contributed by atoms with Crippen molar-refractivity contribution >= 4 is 69.7 Å². The standard InChI is InChI=1S/C28H24Cl3N3O2.ClH/c1-2-26(35)33-14-12-32(13-15-33)18-16-21(19-6-3-4-7-22(19)29)20-10-11-27(36)34(25(20)17-18)28-23(30)8-5-9-24(28)31;/h3-11,16-17H,2,12-15H2,1H3;1H. The third-order valence-electron chi connectivity index (χ3n) is 6.62. The number of rotatable bonds is 4. The lowest BCUT2D eigenvalue weighted by Crippen LogP contribution is -2.48. The summed E-state index contributed by atoms with van der Waals surface area (Å²) < 4.78 is 1.57. The molecule has 37 heavy (non-hydrogen) atoms. The molecule has 0 bridgehead atoms. The summed E-state index contributed by atoms with van der Waals surface area (Å²) in [4.78, 5) is 29.6. The highest BCUT2D eigenvalue weighted by atomic mass is 35.5. The van der Waals surface area contributed by atoms with Gasteiger partial charge in [0.25, 0.3) is 5.56 Å². The number of halogens is 4. The predicted octanol–water partition coefficient (Wildman–Crippen LogP) is 7.10. The molecular formula is C28H25Cl4N3O2. The third-order valence-corrected chi connectivity index (χ3v) is 7.56. The zero-order chi connectivity index (χ0) is 25.4. The van der Waals surface area contributed by atoms with E-state index in [0.29, 0.717) is 58.9 Å². The maximum atomic E-state index is 13.3. The maximum Gasteiger partial charge on any atom is 0.255 e. The Morgan fingerprint density at radius 3 is 2.11 bits per heavy atom. The van der Waals surface area contributed by atoms with E-state index in [1.54, 1.807) is 22.8 Å². The largest absolute Gasteiger partial charge is 0.368 e. The normalized spacial score (nSPS) is 13.5. The molecule has 192 valence electrons. The molecule has 0 unspecified atom stereocenters. The van der Waals surface area contributed by atoms with E-state index in [1.165, 1.54) is 6.07 Å². The number of piperazine rings is 1. The Hall–Kier alpha value is -2.70. The Kier molecular flexibility index (Phi) is 8.39. The summed E-state index contributed by atoms with van der Waals surface area (Å²) in [5.41, 5.74) is 3.58. The fourth-order valence-electron chi connectivity index (χ4n) is 4.79. The number of anilines is 1. The van der Waals surface area contributed by atoms with Crippen LogP contribution in [-0.4, -0.2) is 41.6 Å². The first kappa shape index (κ1) is 27.3. The third kappa shape index (κ3) is 5.19. The Morgan fingerprint density at radius 2 is 1.46 bits per heavy atom. The quantitative estimate of drug-likeness (QED) is 0.260. The van der Waals surface area contributed by atoms with E-state index in [4.69, 9.17) is 34.8 Å². The first-order valence-corrected chi connectivity index (χ1v) is 12.9. The maximum absolute atomic E-state index is 13.3. The van der Waals surface area contributed by atoms with E-state index in [1.807, 2.05) is 48.2 Å². The van der Waals surface area contributed by atoms with Gasteiger partial charge in [-0.25, -0.2) is 0 Å². The molecular weight excluding hydrogens is 552 g/mol. The summed E-state index contributed by atoms with van der Waals surface area (Å²) in [5, 5.41) is 2.23. The zero-order valence-electron chi connectivity index (χ0n) is 20.1. The first-order valence-electron chi connectivity index (χ1n) is 11.8. The minimum atomic E-state index is -0.238. The van der Waals surface area contributed by atoms with Crippen LogP contribution in [0.25, 0.3) is 27.7 Å². The van der Waals surface area contributed by atoms with E-state index in [-0.39, 0.29) is 23.9 Å². The Labute approximate surface area is 236 Å². The van der Waals surface area contributed by atoms with Crippen molar-refractivity contribution < 1.29 is 4.79 Å². The van der Waals surface area contributed by atoms with Gasteiger partial charge < -0.3 is 9.80 Å². The molecule has 5 nitrogen and oxygen atoms in total. The predicted molar refractivity (Wildman–Crippen MR) is 156 cm³/mol. The lowest BCUT2D eigenvalue weighted by atomic mass is 9.98. The average Bonchev–Trinajstić information content (AvgIpc) is 2.89. The van der Waals surface area contributed by atoms with Crippen LogP contribution in [-0.2, 0) is 4.79 Å². The fourth-order valence-corrected chi connectivity index (χ4v) is 5.59. The van der Waals surface area contributed by atoms with Gasteiger partial charge in [0.05, 0.1) is 21.2 Å². The summed E-state index contributed by atoms with van der Waals surface area (Å²) in [7, 11) is 0. The molecule has 0 N–H and O–H groups in total. The SMILES string of the molecule is CCC(=O)N1CCN(c2cc(-c3ccccc3Cl)c3ccc(=O)n(-c4c(Cl)cccc4Cl)c3c2)CC1.Cl. The molecule has 2 heterocycles. The second-order valence-corrected chi connectivity index (χ2v) is 9.93. The van der Waals surface area contributed by atoms with Crippen LogP contribution in [0.4, 0.5) is 5.69 Å². The Morgan fingerprint density at radius 1 is 0.811 bits per heavy atom. The van der Waals surface area contributed by atoms with Gasteiger partial charge in [-0.3, -0.25) is 14.2 Å². The molecule has 0 saturated carbocycles. The van der Waals surface area contributed by atoms with Crippen molar-refractivity contribution in [3.8, 4) is 16.8 Å². The lowest BCUT2D eigenvalue weighted by molar-refractivity contribution is -0.131. The van der Waals surface area contributed by atoms with Gasteiger partial charge in [-0.15, -0.1) is 12.4 Å². The molecule has 0 spiro atoms. The summed E-state index contributed by atoms with van der Waals surface area (Å²) in [6.07, 6.45) is 0.498. The van der Waals surface area contributed by atoms with Gasteiger partial charge in [0.1, 0.15) is 0 Å². The number of fused-ring (bicyclic) bond motifs is 1. The van der Waals surface area contributed by atoms with Crippen molar-refractivity contribution in [1.29, 1.82) is 0 Å². The average molecular weight is 577 g/mol. The van der Waals surface area contributed by atoms with Gasteiger partial charge in [-0.05, 0) is 42.0 Å². The minimum Gasteiger partial charge on any atom is -0.368 e. The van der Waals surface area contributed by atoms with Crippen LogP contribution in [0.15, 0.2) is 71.5 Å². The minimum absolute atomic E-state index is 0. The molecule has 1 aliphatic heterocycles. The molecule has 3 aromatic carbocycles. The first-order chi connectivity index (χ1) is 17.4. The molecule has 9 heteroatoms. The number of hydrogen-bond acceptors (Lipinski definition) is 3. The zero-order valence-corrected chi connectivity index (χ0v) is 23.2. The van der Waals surface area contributed by atoms with Crippen LogP contribution in [0.2, 0.25) is 15.1 Å². The van der Waals surface area contributed by atoms with Crippen molar-refractivity contribution in [2.24, 2.45) is 0 Å². The topological polar surface area (TPSA) is 45.6 Å². The highest BCUT2D eigenvalue weighted by Crippen LogP contribution is 2.38. The highest BCUT2D eigenvalue weighted by Gasteiger charge is 2.23. The Bertz CT molecular complexity index is 1510. The summed E-state index contributed by atoms with van der Waals surface area (Å²) in [6, 6.07) is 20.3. The van der Waals surface area contributed by atoms with Crippen molar-refractivity contribution in [2.75, 3.05) is 31.1 Å². The molecule has 5 rings (SSSR count). The molecule has 1 aromatic heterocycles. The number of aromatic nitrogens is 1. The molecule has 1 aliphatic rings. The van der Waals surface area contributed by atoms with E-state index in [0.717, 1.165) is 22.2 Å². The highest BCUT2D eigenvalue weighted by molar-refractivity contribution is 6.38. The second kappa shape index (κ2) is 11.4. The van der Waals surface area contributed by atoms with Gasteiger partial charge in [-0.1, -0.05) is 66.0 Å². The summed E-state index contributed by atoms with van der Waals surface area (Å²) in [5.74, 6) is 0.159. The van der Waals surface area contributed by atoms with Crippen molar-refractivity contribution in [1.82, 2.24) is 9.47 Å². The lowest BCUT2D eigenvalue weighted by Gasteiger charge is -2.36. The van der Waals surface area contributed by atoms with E-state index in [9.17, 15) is 9.59 Å². The van der Waals surface area contributed by atoms with Crippen LogP contribution >= 0.6 is 47.2 Å². The molecule has 0 aliphatic carbocycles. The molecule has 1 amide bonds. The molecule has 1 saturated heterocycles. The number of nitrogens with zero attached hydrogens (tertiary/aromatic N) is 3. The summed E-state index contributed by atoms with van der Waals surface area (Å²) >= 11 is 19.7. The second-order valence-electron chi connectivity index (χ2n) is 8.70. The number of pyridine rings is 1. The Balaban J connectivity index is 0.00000320. The van der Waals surface area contributed by atoms with Gasteiger partial charge in [0.2, 0.25) is 5.91 Å². The number of carbonyl (C=O) groups excluding carboxylic acids is 1. The van der Waals surface area contributed by atoms with Gasteiger partial charge in [0, 0.05) is 60.3 Å². The van der Waals surface area contributed by atoms with E-state index >= 15 is 0 Å². The number of hydrogen-bond donors (Lipinski definition) is 0. The van der Waals surface area contributed by atoms with Gasteiger partial charge in [0.15, 0.2) is 0 Å². The van der Waals surface area contributed by atoms with Gasteiger partial charge in [-0.2, -0.15) is 0 Å². The van der Waals surface area contributed by atoms with Crippen LogP contribution in [0, 0.1) is 0 Å². The number of carbonyl (C=O) groups is 1.